The number of aliphatic hydroxyl groups is 1. The molecular formula is C14H21NO5. The van der Waals surface area contributed by atoms with Crippen LogP contribution in [0.15, 0.2) is 24.3 Å². The minimum Gasteiger partial charge on any atom is -0.399 e. The Morgan fingerprint density at radius 1 is 1.30 bits per heavy atom. The van der Waals surface area contributed by atoms with Crippen molar-refractivity contribution in [2.24, 2.45) is 0 Å². The van der Waals surface area contributed by atoms with E-state index >= 15 is 0 Å². The van der Waals surface area contributed by atoms with Crippen LogP contribution in [0.1, 0.15) is 18.3 Å². The zero-order valence-electron chi connectivity index (χ0n) is 11.5. The van der Waals surface area contributed by atoms with E-state index in [2.05, 4.69) is 0 Å². The summed E-state index contributed by atoms with van der Waals surface area (Å²) in [5.41, 5.74) is 6.92. The topological polar surface area (TPSA) is 83.2 Å². The number of nitrogen functional groups attached to an aromatic ring is 1. The normalized spacial score (nSPS) is 24.5. The van der Waals surface area contributed by atoms with Gasteiger partial charge in [0, 0.05) is 18.4 Å². The summed E-state index contributed by atoms with van der Waals surface area (Å²) in [5, 5.41) is 9.87. The summed E-state index contributed by atoms with van der Waals surface area (Å²) in [4.78, 5) is 0. The minimum atomic E-state index is -0.952. The highest BCUT2D eigenvalue weighted by Crippen LogP contribution is 2.17. The third-order valence-corrected chi connectivity index (χ3v) is 3.14. The zero-order chi connectivity index (χ0) is 14.4. The Bertz CT molecular complexity index is 389. The van der Waals surface area contributed by atoms with Crippen LogP contribution in [-0.2, 0) is 18.9 Å². The SMILES string of the molecule is CO[C@H]1CO[C@@H](CCOC(O)c2ccc(N)cc2)CO1. The summed E-state index contributed by atoms with van der Waals surface area (Å²) in [5.74, 6) is 0. The molecule has 0 radical (unpaired) electrons. The Kier molecular flexibility index (Phi) is 5.75. The largest absolute Gasteiger partial charge is 0.399 e. The van der Waals surface area contributed by atoms with Crippen LogP contribution in [0.4, 0.5) is 5.69 Å². The van der Waals surface area contributed by atoms with Gasteiger partial charge in [0.1, 0.15) is 0 Å². The van der Waals surface area contributed by atoms with Gasteiger partial charge >= 0.3 is 0 Å². The molecule has 0 spiro atoms. The molecule has 1 unspecified atom stereocenters. The molecule has 1 fully saturated rings. The van der Waals surface area contributed by atoms with E-state index in [1.54, 1.807) is 31.4 Å². The summed E-state index contributed by atoms with van der Waals surface area (Å²) < 4.78 is 21.4. The second-order valence-electron chi connectivity index (χ2n) is 4.63. The van der Waals surface area contributed by atoms with Gasteiger partial charge in [-0.25, -0.2) is 0 Å². The highest BCUT2D eigenvalue weighted by Gasteiger charge is 2.21. The number of hydrogen-bond acceptors (Lipinski definition) is 6. The molecule has 1 heterocycles. The number of hydrogen-bond donors (Lipinski definition) is 2. The molecule has 0 aliphatic carbocycles. The molecule has 1 aromatic rings. The number of ether oxygens (including phenoxy) is 4. The van der Waals surface area contributed by atoms with E-state index in [9.17, 15) is 5.11 Å². The van der Waals surface area contributed by atoms with Crippen molar-refractivity contribution >= 4 is 5.69 Å². The van der Waals surface area contributed by atoms with E-state index in [0.717, 1.165) is 0 Å². The Labute approximate surface area is 118 Å². The van der Waals surface area contributed by atoms with Gasteiger partial charge in [0.2, 0.25) is 0 Å². The van der Waals surface area contributed by atoms with Crippen LogP contribution < -0.4 is 5.73 Å². The highest BCUT2D eigenvalue weighted by atomic mass is 16.7. The van der Waals surface area contributed by atoms with Gasteiger partial charge in [-0.2, -0.15) is 0 Å². The first kappa shape index (κ1) is 15.2. The van der Waals surface area contributed by atoms with Gasteiger partial charge in [-0.1, -0.05) is 12.1 Å². The second-order valence-corrected chi connectivity index (χ2v) is 4.63. The summed E-state index contributed by atoms with van der Waals surface area (Å²) in [7, 11) is 1.58. The molecule has 6 heteroatoms. The molecule has 0 amide bonds. The van der Waals surface area contributed by atoms with Crippen LogP contribution in [-0.4, -0.2) is 44.4 Å². The van der Waals surface area contributed by atoms with Gasteiger partial charge in [0.05, 0.1) is 25.9 Å². The molecule has 20 heavy (non-hydrogen) atoms. The van der Waals surface area contributed by atoms with Crippen molar-refractivity contribution in [3.05, 3.63) is 29.8 Å². The van der Waals surface area contributed by atoms with Crippen LogP contribution in [0.2, 0.25) is 0 Å². The number of benzene rings is 1. The Balaban J connectivity index is 1.67. The van der Waals surface area contributed by atoms with Gasteiger partial charge in [0.15, 0.2) is 12.6 Å². The average Bonchev–Trinajstić information content (AvgIpc) is 2.48. The Morgan fingerprint density at radius 3 is 2.65 bits per heavy atom. The lowest BCUT2D eigenvalue weighted by atomic mass is 10.2. The smallest absolute Gasteiger partial charge is 0.181 e. The van der Waals surface area contributed by atoms with Crippen molar-refractivity contribution in [1.82, 2.24) is 0 Å². The van der Waals surface area contributed by atoms with E-state index in [-0.39, 0.29) is 12.4 Å². The van der Waals surface area contributed by atoms with Crippen molar-refractivity contribution in [2.75, 3.05) is 32.7 Å². The molecule has 1 saturated heterocycles. The van der Waals surface area contributed by atoms with Crippen LogP contribution >= 0.6 is 0 Å². The molecule has 0 saturated carbocycles. The molecule has 2 rings (SSSR count). The number of aliphatic hydroxyl groups excluding tert-OH is 1. The van der Waals surface area contributed by atoms with Crippen molar-refractivity contribution < 1.29 is 24.1 Å². The van der Waals surface area contributed by atoms with E-state index in [1.165, 1.54) is 0 Å². The van der Waals surface area contributed by atoms with Gasteiger partial charge in [-0.05, 0) is 18.6 Å². The van der Waals surface area contributed by atoms with Crippen LogP contribution in [0, 0.1) is 0 Å². The lowest BCUT2D eigenvalue weighted by Gasteiger charge is -2.28. The van der Waals surface area contributed by atoms with E-state index in [0.29, 0.717) is 37.5 Å². The van der Waals surface area contributed by atoms with E-state index < -0.39 is 6.29 Å². The van der Waals surface area contributed by atoms with E-state index in [4.69, 9.17) is 24.7 Å². The maximum atomic E-state index is 9.87. The predicted molar refractivity (Wildman–Crippen MR) is 72.9 cm³/mol. The number of nitrogens with two attached hydrogens (primary N) is 1. The van der Waals surface area contributed by atoms with Gasteiger partial charge in [-0.3, -0.25) is 0 Å². The third-order valence-electron chi connectivity index (χ3n) is 3.14. The molecule has 6 nitrogen and oxygen atoms in total. The quantitative estimate of drug-likeness (QED) is 0.600. The molecular weight excluding hydrogens is 262 g/mol. The first-order chi connectivity index (χ1) is 9.69. The zero-order valence-corrected chi connectivity index (χ0v) is 11.5. The molecule has 1 aliphatic heterocycles. The fourth-order valence-corrected chi connectivity index (χ4v) is 1.90. The van der Waals surface area contributed by atoms with Crippen LogP contribution in [0.3, 0.4) is 0 Å². The fraction of sp³-hybridized carbons (Fsp3) is 0.571. The first-order valence-electron chi connectivity index (χ1n) is 6.60. The molecule has 112 valence electrons. The molecule has 3 atom stereocenters. The molecule has 3 N–H and O–H groups in total. The Morgan fingerprint density at radius 2 is 2.05 bits per heavy atom. The van der Waals surface area contributed by atoms with Crippen LogP contribution in [0.5, 0.6) is 0 Å². The van der Waals surface area contributed by atoms with Crippen molar-refractivity contribution in [1.29, 1.82) is 0 Å². The van der Waals surface area contributed by atoms with E-state index in [1.807, 2.05) is 0 Å². The first-order valence-corrected chi connectivity index (χ1v) is 6.60. The van der Waals surface area contributed by atoms with Gasteiger partial charge < -0.3 is 29.8 Å². The lowest BCUT2D eigenvalue weighted by Crippen LogP contribution is -2.37. The number of anilines is 1. The molecule has 0 bridgehead atoms. The summed E-state index contributed by atoms with van der Waals surface area (Å²) in [6, 6.07) is 6.93. The average molecular weight is 283 g/mol. The van der Waals surface area contributed by atoms with Crippen LogP contribution in [0.25, 0.3) is 0 Å². The van der Waals surface area contributed by atoms with Gasteiger partial charge in [0.25, 0.3) is 0 Å². The summed E-state index contributed by atoms with van der Waals surface area (Å²) >= 11 is 0. The highest BCUT2D eigenvalue weighted by molar-refractivity contribution is 5.39. The maximum Gasteiger partial charge on any atom is 0.181 e. The van der Waals surface area contributed by atoms with Gasteiger partial charge in [-0.15, -0.1) is 0 Å². The number of rotatable bonds is 6. The van der Waals surface area contributed by atoms with Crippen molar-refractivity contribution in [3.8, 4) is 0 Å². The minimum absolute atomic E-state index is 0.0278. The second kappa shape index (κ2) is 7.56. The third kappa shape index (κ3) is 4.43. The lowest BCUT2D eigenvalue weighted by molar-refractivity contribution is -0.228. The molecule has 0 aromatic heterocycles. The predicted octanol–water partition coefficient (Wildman–Crippen LogP) is 1.05. The number of methoxy groups -OCH3 is 1. The summed E-state index contributed by atoms with van der Waals surface area (Å²) in [6.45, 7) is 1.28. The summed E-state index contributed by atoms with van der Waals surface area (Å²) in [6.07, 6.45) is -0.609. The standard InChI is InChI=1S/C14H21NO5/c1-17-13-9-19-12(8-20-13)6-7-18-14(16)10-2-4-11(15)5-3-10/h2-5,12-14,16H,6-9,15H2,1H3/t12-,13+,14?/m0/s1. The van der Waals surface area contributed by atoms with Crippen molar-refractivity contribution in [3.63, 3.8) is 0 Å². The molecule has 1 aliphatic rings. The maximum absolute atomic E-state index is 9.87. The van der Waals surface area contributed by atoms with Crippen molar-refractivity contribution in [2.45, 2.75) is 25.1 Å². The Hall–Kier alpha value is -1.18. The monoisotopic (exact) mass is 283 g/mol. The molecule has 1 aromatic carbocycles. The fourth-order valence-electron chi connectivity index (χ4n) is 1.90.